The Kier molecular flexibility index (Phi) is 6.07. The predicted octanol–water partition coefficient (Wildman–Crippen LogP) is 4.80. The highest BCUT2D eigenvalue weighted by Crippen LogP contribution is 2.24. The van der Waals surface area contributed by atoms with E-state index in [4.69, 9.17) is 4.74 Å². The van der Waals surface area contributed by atoms with Gasteiger partial charge in [-0.05, 0) is 41.5 Å². The van der Waals surface area contributed by atoms with Crippen molar-refractivity contribution in [1.82, 2.24) is 9.55 Å². The van der Waals surface area contributed by atoms with Crippen molar-refractivity contribution in [3.8, 4) is 5.75 Å². The van der Waals surface area contributed by atoms with E-state index in [-0.39, 0.29) is 11.7 Å². The number of halogens is 1. The summed E-state index contributed by atoms with van der Waals surface area (Å²) >= 11 is 0. The van der Waals surface area contributed by atoms with Crippen LogP contribution in [0.3, 0.4) is 0 Å². The number of aromatic nitrogens is 2. The lowest BCUT2D eigenvalue weighted by Crippen LogP contribution is -2.09. The first-order valence-corrected chi connectivity index (χ1v) is 9.94. The van der Waals surface area contributed by atoms with E-state index in [0.717, 1.165) is 16.6 Å². The van der Waals surface area contributed by atoms with E-state index >= 15 is 0 Å². The van der Waals surface area contributed by atoms with Crippen LogP contribution in [-0.4, -0.2) is 21.4 Å². The lowest BCUT2D eigenvalue weighted by atomic mass is 10.2. The Morgan fingerprint density at radius 2 is 1.91 bits per heavy atom. The van der Waals surface area contributed by atoms with E-state index in [2.05, 4.69) is 10.3 Å². The molecule has 0 saturated heterocycles. The van der Waals surface area contributed by atoms with Crippen LogP contribution in [0.5, 0.6) is 5.75 Å². The summed E-state index contributed by atoms with van der Waals surface area (Å²) in [6, 6.07) is 19.5. The number of carbonyl (C=O) groups excluding carboxylic acids is 2. The fourth-order valence-corrected chi connectivity index (χ4v) is 3.33. The summed E-state index contributed by atoms with van der Waals surface area (Å²) in [5.41, 5.74) is 3.85. The van der Waals surface area contributed by atoms with E-state index in [0.29, 0.717) is 17.8 Å². The van der Waals surface area contributed by atoms with Gasteiger partial charge in [0.2, 0.25) is 5.91 Å². The van der Waals surface area contributed by atoms with E-state index in [9.17, 15) is 14.0 Å². The third-order valence-corrected chi connectivity index (χ3v) is 4.73. The zero-order valence-corrected chi connectivity index (χ0v) is 17.3. The van der Waals surface area contributed by atoms with Crippen LogP contribution in [0.1, 0.15) is 18.1 Å². The molecule has 0 saturated carbocycles. The Morgan fingerprint density at radius 1 is 1.09 bits per heavy atom. The van der Waals surface area contributed by atoms with Crippen LogP contribution in [0.25, 0.3) is 17.1 Å². The number of esters is 1. The van der Waals surface area contributed by atoms with Gasteiger partial charge in [0.25, 0.3) is 0 Å². The topological polar surface area (TPSA) is 73.2 Å². The van der Waals surface area contributed by atoms with Crippen LogP contribution in [0.2, 0.25) is 0 Å². The number of hydrogen-bond acceptors (Lipinski definition) is 4. The Labute approximate surface area is 184 Å². The molecule has 0 fully saturated rings. The smallest absolute Gasteiger partial charge is 0.308 e. The van der Waals surface area contributed by atoms with Crippen molar-refractivity contribution < 1.29 is 18.7 Å². The van der Waals surface area contributed by atoms with E-state index in [1.807, 2.05) is 53.1 Å². The van der Waals surface area contributed by atoms with Crippen molar-refractivity contribution in [3.63, 3.8) is 0 Å². The van der Waals surface area contributed by atoms with Gasteiger partial charge in [0.1, 0.15) is 0 Å². The quantitative estimate of drug-likeness (QED) is 0.271. The molecule has 0 radical (unpaired) electrons. The number of hydrogen-bond donors (Lipinski definition) is 1. The lowest BCUT2D eigenvalue weighted by molar-refractivity contribution is -0.132. The molecular formula is C25H20FN3O3. The van der Waals surface area contributed by atoms with Crippen LogP contribution >= 0.6 is 0 Å². The minimum absolute atomic E-state index is 0.186. The molecule has 0 aliphatic carbocycles. The largest absolute Gasteiger partial charge is 0.424 e. The van der Waals surface area contributed by atoms with Crippen LogP contribution < -0.4 is 10.1 Å². The minimum Gasteiger partial charge on any atom is -0.424 e. The van der Waals surface area contributed by atoms with Crippen molar-refractivity contribution in [2.45, 2.75) is 13.5 Å². The first kappa shape index (κ1) is 21.0. The predicted molar refractivity (Wildman–Crippen MR) is 121 cm³/mol. The van der Waals surface area contributed by atoms with Crippen LogP contribution in [0, 0.1) is 5.82 Å². The number of fused-ring (bicyclic) bond motifs is 1. The molecule has 1 amide bonds. The van der Waals surface area contributed by atoms with Crippen LogP contribution in [-0.2, 0) is 16.1 Å². The summed E-state index contributed by atoms with van der Waals surface area (Å²) in [4.78, 5) is 28.1. The highest BCUT2D eigenvalue weighted by Gasteiger charge is 2.11. The second-order valence-corrected chi connectivity index (χ2v) is 7.14. The van der Waals surface area contributed by atoms with Gasteiger partial charge in [-0.15, -0.1) is 0 Å². The molecule has 4 rings (SSSR count). The van der Waals surface area contributed by atoms with Crippen LogP contribution in [0.15, 0.2) is 79.1 Å². The van der Waals surface area contributed by atoms with Crippen LogP contribution in [0.4, 0.5) is 10.1 Å². The number of benzene rings is 3. The number of amides is 1. The van der Waals surface area contributed by atoms with Gasteiger partial charge >= 0.3 is 5.97 Å². The molecule has 1 N–H and O–H groups in total. The van der Waals surface area contributed by atoms with Gasteiger partial charge < -0.3 is 14.6 Å². The number of rotatable bonds is 6. The molecule has 0 bridgehead atoms. The monoisotopic (exact) mass is 429 g/mol. The van der Waals surface area contributed by atoms with Crippen molar-refractivity contribution in [2.24, 2.45) is 0 Å². The third kappa shape index (κ3) is 4.89. The van der Waals surface area contributed by atoms with Gasteiger partial charge in [-0.25, -0.2) is 9.37 Å². The molecule has 6 nitrogen and oxygen atoms in total. The average molecular weight is 429 g/mol. The van der Waals surface area contributed by atoms with E-state index < -0.39 is 11.8 Å². The normalized spacial score (nSPS) is 11.1. The Bertz CT molecular complexity index is 1310. The van der Waals surface area contributed by atoms with Gasteiger partial charge in [-0.3, -0.25) is 9.59 Å². The number of imidazole rings is 1. The minimum atomic E-state index is -0.653. The molecule has 0 unspecified atom stereocenters. The van der Waals surface area contributed by atoms with Crippen molar-refractivity contribution in [2.75, 3.05) is 5.32 Å². The fraction of sp³-hybridized carbons (Fsp3) is 0.0800. The second-order valence-electron chi connectivity index (χ2n) is 7.14. The number of anilines is 1. The molecule has 0 aliphatic heterocycles. The van der Waals surface area contributed by atoms with Gasteiger partial charge in [0.05, 0.1) is 23.0 Å². The highest BCUT2D eigenvalue weighted by atomic mass is 19.1. The molecule has 4 aromatic rings. The van der Waals surface area contributed by atoms with E-state index in [1.165, 1.54) is 37.3 Å². The van der Waals surface area contributed by atoms with Crippen molar-refractivity contribution >= 4 is 34.7 Å². The fourth-order valence-electron chi connectivity index (χ4n) is 3.33. The Balaban J connectivity index is 1.54. The van der Waals surface area contributed by atoms with Gasteiger partial charge in [-0.1, -0.05) is 42.5 Å². The summed E-state index contributed by atoms with van der Waals surface area (Å²) in [7, 11) is 0. The Morgan fingerprint density at radius 3 is 2.69 bits per heavy atom. The molecule has 0 spiro atoms. The average Bonchev–Trinajstić information content (AvgIpc) is 3.18. The molecule has 160 valence electrons. The number of nitrogens with one attached hydrogen (secondary N) is 1. The maximum Gasteiger partial charge on any atom is 0.308 e. The standard InChI is InChI=1S/C25H20FN3O3/c1-17(30)32-23-14-18(10-12-20(23)26)11-13-24(31)28-22-9-5-8-21-25(22)29(16-27-21)15-19-6-3-2-4-7-19/h2-14,16H,15H2,1H3,(H,28,31). The second kappa shape index (κ2) is 9.26. The number of ether oxygens (including phenoxy) is 1. The zero-order chi connectivity index (χ0) is 22.5. The third-order valence-electron chi connectivity index (χ3n) is 4.73. The summed E-state index contributed by atoms with van der Waals surface area (Å²) in [5, 5.41) is 2.88. The van der Waals surface area contributed by atoms with Gasteiger partial charge in [0, 0.05) is 19.5 Å². The number of nitrogens with zero attached hydrogens (tertiary/aromatic N) is 2. The highest BCUT2D eigenvalue weighted by molar-refractivity contribution is 6.06. The van der Waals surface area contributed by atoms with Gasteiger partial charge in [-0.2, -0.15) is 0 Å². The van der Waals surface area contributed by atoms with Crippen molar-refractivity contribution in [1.29, 1.82) is 0 Å². The first-order chi connectivity index (χ1) is 15.5. The maximum absolute atomic E-state index is 13.7. The summed E-state index contributed by atoms with van der Waals surface area (Å²) in [6.07, 6.45) is 4.60. The molecule has 3 aromatic carbocycles. The first-order valence-electron chi connectivity index (χ1n) is 9.94. The molecule has 32 heavy (non-hydrogen) atoms. The SMILES string of the molecule is CC(=O)Oc1cc(C=CC(=O)Nc2cccc3ncn(Cc4ccccc4)c23)ccc1F. The zero-order valence-electron chi connectivity index (χ0n) is 17.3. The van der Waals surface area contributed by atoms with Gasteiger partial charge in [0.15, 0.2) is 11.6 Å². The summed E-state index contributed by atoms with van der Waals surface area (Å²) in [6.45, 7) is 1.81. The molecular weight excluding hydrogens is 409 g/mol. The maximum atomic E-state index is 13.7. The van der Waals surface area contributed by atoms with E-state index in [1.54, 1.807) is 6.33 Å². The molecule has 1 aromatic heterocycles. The van der Waals surface area contributed by atoms with Crippen molar-refractivity contribution in [3.05, 3.63) is 96.1 Å². The summed E-state index contributed by atoms with van der Waals surface area (Å²) in [5.74, 6) is -1.82. The molecule has 1 heterocycles. The number of para-hydroxylation sites is 1. The Hall–Kier alpha value is -4.26. The molecule has 0 atom stereocenters. The number of carbonyl (C=O) groups is 2. The molecule has 0 aliphatic rings. The lowest BCUT2D eigenvalue weighted by Gasteiger charge is -2.09. The summed E-state index contributed by atoms with van der Waals surface area (Å²) < 4.78 is 20.6. The molecule has 7 heteroatoms.